The number of urea groups is 1. The third-order valence-corrected chi connectivity index (χ3v) is 3.56. The zero-order chi connectivity index (χ0) is 12.8. The number of rotatable bonds is 3. The maximum Gasteiger partial charge on any atom is 0.325 e. The molecule has 5 heteroatoms. The molecule has 1 aliphatic heterocycles. The smallest absolute Gasteiger partial charge is 0.325 e. The van der Waals surface area contributed by atoms with Crippen molar-refractivity contribution in [1.29, 1.82) is 0 Å². The van der Waals surface area contributed by atoms with Gasteiger partial charge in [-0.3, -0.25) is 4.79 Å². The Bertz CT molecular complexity index is 388. The monoisotopic (exact) mass is 252 g/mol. The molecule has 0 aliphatic carbocycles. The minimum atomic E-state index is -0.364. The lowest BCUT2D eigenvalue weighted by Gasteiger charge is -2.22. The molecule has 1 saturated heterocycles. The molecule has 17 heavy (non-hydrogen) atoms. The predicted molar refractivity (Wildman–Crippen MR) is 70.6 cm³/mol. The fourth-order valence-electron chi connectivity index (χ4n) is 1.51. The second-order valence-corrected chi connectivity index (χ2v) is 4.43. The highest BCUT2D eigenvalue weighted by molar-refractivity contribution is 8.01. The highest BCUT2D eigenvalue weighted by Crippen LogP contribution is 2.31. The summed E-state index contributed by atoms with van der Waals surface area (Å²) in [6, 6.07) is -0.364. The van der Waals surface area contributed by atoms with E-state index in [0.29, 0.717) is 5.75 Å². The van der Waals surface area contributed by atoms with Gasteiger partial charge in [0, 0.05) is 7.05 Å². The van der Waals surface area contributed by atoms with Gasteiger partial charge in [0.2, 0.25) is 5.91 Å². The summed E-state index contributed by atoms with van der Waals surface area (Å²) in [7, 11) is 1.52. The first-order valence-electron chi connectivity index (χ1n) is 5.26. The van der Waals surface area contributed by atoms with Gasteiger partial charge in [-0.05, 0) is 12.5 Å². The second-order valence-electron chi connectivity index (χ2n) is 3.37. The summed E-state index contributed by atoms with van der Waals surface area (Å²) < 4.78 is 0. The first kappa shape index (κ1) is 13.6. The van der Waals surface area contributed by atoms with Gasteiger partial charge < -0.3 is 5.32 Å². The molecular weight excluding hydrogens is 236 g/mol. The van der Waals surface area contributed by atoms with Gasteiger partial charge in [-0.1, -0.05) is 30.9 Å². The van der Waals surface area contributed by atoms with Crippen molar-refractivity contribution in [2.75, 3.05) is 12.8 Å². The molecule has 0 aromatic rings. The predicted octanol–water partition coefficient (Wildman–Crippen LogP) is 1.92. The van der Waals surface area contributed by atoms with Gasteiger partial charge in [0.25, 0.3) is 0 Å². The van der Waals surface area contributed by atoms with Gasteiger partial charge in [-0.2, -0.15) is 0 Å². The van der Waals surface area contributed by atoms with Crippen molar-refractivity contribution in [1.82, 2.24) is 10.2 Å². The number of thioether (sulfide) groups is 1. The van der Waals surface area contributed by atoms with E-state index in [9.17, 15) is 9.59 Å². The lowest BCUT2D eigenvalue weighted by atomic mass is 10.2. The van der Waals surface area contributed by atoms with Crippen LogP contribution in [0.15, 0.2) is 36.5 Å². The Morgan fingerprint density at radius 1 is 1.65 bits per heavy atom. The number of hydrogen-bond acceptors (Lipinski definition) is 3. The number of carbonyl (C=O) groups excluding carboxylic acids is 2. The van der Waals surface area contributed by atoms with Crippen LogP contribution in [0.1, 0.15) is 6.92 Å². The van der Waals surface area contributed by atoms with E-state index in [0.717, 1.165) is 5.57 Å². The van der Waals surface area contributed by atoms with Gasteiger partial charge in [0.05, 0.1) is 5.75 Å². The average molecular weight is 252 g/mol. The summed E-state index contributed by atoms with van der Waals surface area (Å²) in [5.74, 6) is 0.169. The molecule has 1 aliphatic rings. The molecule has 0 bridgehead atoms. The molecule has 1 rings (SSSR count). The fourth-order valence-corrected chi connectivity index (χ4v) is 2.72. The molecule has 1 unspecified atom stereocenters. The highest BCUT2D eigenvalue weighted by atomic mass is 32.2. The minimum Gasteiger partial charge on any atom is -0.341 e. The van der Waals surface area contributed by atoms with Gasteiger partial charge >= 0.3 is 6.03 Å². The Balaban J connectivity index is 2.95. The first-order valence-corrected chi connectivity index (χ1v) is 6.31. The van der Waals surface area contributed by atoms with Crippen molar-refractivity contribution in [3.8, 4) is 0 Å². The molecule has 0 radical (unpaired) electrons. The number of hydrogen-bond donors (Lipinski definition) is 1. The second kappa shape index (κ2) is 6.30. The summed E-state index contributed by atoms with van der Waals surface area (Å²) in [5.41, 5.74) is 0.921. The molecule has 3 amide bonds. The minimum absolute atomic E-state index is 0.161. The normalized spacial score (nSPS) is 21.1. The van der Waals surface area contributed by atoms with Crippen molar-refractivity contribution < 1.29 is 9.59 Å². The third kappa shape index (κ3) is 3.00. The van der Waals surface area contributed by atoms with E-state index < -0.39 is 0 Å². The van der Waals surface area contributed by atoms with Crippen LogP contribution in [0.4, 0.5) is 4.79 Å². The van der Waals surface area contributed by atoms with E-state index in [2.05, 4.69) is 11.9 Å². The van der Waals surface area contributed by atoms with Crippen molar-refractivity contribution in [2.24, 2.45) is 0 Å². The van der Waals surface area contributed by atoms with Crippen molar-refractivity contribution in [2.45, 2.75) is 12.3 Å². The zero-order valence-corrected chi connectivity index (χ0v) is 10.8. The Kier molecular flexibility index (Phi) is 5.03. The van der Waals surface area contributed by atoms with E-state index in [1.807, 2.05) is 19.1 Å². The fraction of sp³-hybridized carbons (Fsp3) is 0.333. The Hall–Kier alpha value is -1.49. The first-order chi connectivity index (χ1) is 8.15. The van der Waals surface area contributed by atoms with Gasteiger partial charge in [-0.25, -0.2) is 9.69 Å². The van der Waals surface area contributed by atoms with Crippen LogP contribution in [0.3, 0.4) is 0 Å². The molecule has 0 spiro atoms. The summed E-state index contributed by atoms with van der Waals surface area (Å²) >= 11 is 1.45. The standard InChI is InChI=1S/C12H16N2O2S/c1-4-6-7-9(5-2)11-14(12(16)13-3)10(15)8-17-11/h4-7,11H,1,8H2,2-3H3,(H,13,16)/b7-6-,9-5+. The quantitative estimate of drug-likeness (QED) is 0.781. The number of nitrogens with one attached hydrogen (secondary N) is 1. The van der Waals surface area contributed by atoms with Crippen molar-refractivity contribution in [3.63, 3.8) is 0 Å². The van der Waals surface area contributed by atoms with E-state index in [-0.39, 0.29) is 17.3 Å². The van der Waals surface area contributed by atoms with Crippen LogP contribution in [0.5, 0.6) is 0 Å². The van der Waals surface area contributed by atoms with E-state index >= 15 is 0 Å². The van der Waals surface area contributed by atoms with Crippen LogP contribution in [-0.4, -0.2) is 35.0 Å². The molecule has 1 N–H and O–H groups in total. The number of carbonyl (C=O) groups is 2. The molecule has 0 saturated carbocycles. The number of amides is 3. The number of allylic oxidation sites excluding steroid dienone is 3. The molecule has 0 aromatic carbocycles. The van der Waals surface area contributed by atoms with E-state index in [1.165, 1.54) is 23.7 Å². The van der Waals surface area contributed by atoms with Gasteiger partial charge in [0.1, 0.15) is 5.37 Å². The van der Waals surface area contributed by atoms with Gasteiger partial charge in [0.15, 0.2) is 0 Å². The number of imide groups is 1. The largest absolute Gasteiger partial charge is 0.341 e. The summed E-state index contributed by atoms with van der Waals surface area (Å²) in [4.78, 5) is 24.5. The summed E-state index contributed by atoms with van der Waals surface area (Å²) in [5, 5.41) is 2.24. The lowest BCUT2D eigenvalue weighted by Crippen LogP contribution is -2.44. The molecule has 1 atom stereocenters. The maximum atomic E-state index is 11.7. The molecule has 1 fully saturated rings. The van der Waals surface area contributed by atoms with Crippen LogP contribution >= 0.6 is 11.8 Å². The summed E-state index contributed by atoms with van der Waals surface area (Å²) in [6.45, 7) is 5.48. The van der Waals surface area contributed by atoms with Crippen molar-refractivity contribution >= 4 is 23.7 Å². The van der Waals surface area contributed by atoms with Crippen LogP contribution in [0.25, 0.3) is 0 Å². The highest BCUT2D eigenvalue weighted by Gasteiger charge is 2.37. The SMILES string of the molecule is C=C/C=C\C(=C/C)C1SCC(=O)N1C(=O)NC. The molecule has 4 nitrogen and oxygen atoms in total. The topological polar surface area (TPSA) is 49.4 Å². The lowest BCUT2D eigenvalue weighted by molar-refractivity contribution is -0.124. The average Bonchev–Trinajstić information content (AvgIpc) is 2.71. The molecule has 0 aromatic heterocycles. The summed E-state index contributed by atoms with van der Waals surface area (Å²) in [6.07, 6.45) is 7.21. The van der Waals surface area contributed by atoms with Crippen LogP contribution in [0, 0.1) is 0 Å². The van der Waals surface area contributed by atoms with Gasteiger partial charge in [-0.15, -0.1) is 11.8 Å². The number of nitrogens with zero attached hydrogens (tertiary/aromatic N) is 1. The molecular formula is C12H16N2O2S. The Labute approximate surface area is 105 Å². The van der Waals surface area contributed by atoms with Crippen molar-refractivity contribution in [3.05, 3.63) is 36.5 Å². The maximum absolute atomic E-state index is 11.7. The van der Waals surface area contributed by atoms with Crippen LogP contribution in [-0.2, 0) is 4.79 Å². The Morgan fingerprint density at radius 3 is 2.88 bits per heavy atom. The molecule has 1 heterocycles. The van der Waals surface area contributed by atoms with Crippen LogP contribution in [0.2, 0.25) is 0 Å². The third-order valence-electron chi connectivity index (χ3n) is 2.34. The van der Waals surface area contributed by atoms with E-state index in [1.54, 1.807) is 12.2 Å². The molecule has 92 valence electrons. The zero-order valence-electron chi connectivity index (χ0n) is 9.97. The van der Waals surface area contributed by atoms with Crippen LogP contribution < -0.4 is 5.32 Å². The Morgan fingerprint density at radius 2 is 2.35 bits per heavy atom. The van der Waals surface area contributed by atoms with E-state index in [4.69, 9.17) is 0 Å².